The fourth-order valence-corrected chi connectivity index (χ4v) is 4.70. The molecule has 192 valence electrons. The van der Waals surface area contributed by atoms with Gasteiger partial charge in [-0.15, -0.1) is 0 Å². The summed E-state index contributed by atoms with van der Waals surface area (Å²) in [4.78, 5) is 48.6. The molecule has 3 aromatic rings. The van der Waals surface area contributed by atoms with Crippen LogP contribution in [0.4, 0.5) is 11.5 Å². The number of pyridine rings is 2. The van der Waals surface area contributed by atoms with Crippen molar-refractivity contribution in [2.24, 2.45) is 0 Å². The molecule has 0 spiro atoms. The van der Waals surface area contributed by atoms with Gasteiger partial charge >= 0.3 is 5.97 Å². The number of carbonyl (C=O) groups is 3. The molecule has 3 heterocycles. The van der Waals surface area contributed by atoms with Crippen molar-refractivity contribution in [3.05, 3.63) is 82.3 Å². The lowest BCUT2D eigenvalue weighted by atomic mass is 9.69. The summed E-state index contributed by atoms with van der Waals surface area (Å²) in [5, 5.41) is 5.64. The molecule has 10 heteroatoms. The largest absolute Gasteiger partial charge is 0.465 e. The Morgan fingerprint density at radius 3 is 2.43 bits per heavy atom. The Kier molecular flexibility index (Phi) is 7.45. The summed E-state index contributed by atoms with van der Waals surface area (Å²) in [6.45, 7) is 4.87. The molecule has 0 bridgehead atoms. The Labute approximate surface area is 220 Å². The maximum Gasteiger partial charge on any atom is 0.339 e. The van der Waals surface area contributed by atoms with Crippen molar-refractivity contribution in [3.8, 4) is 0 Å². The van der Waals surface area contributed by atoms with Crippen LogP contribution in [-0.2, 0) is 14.9 Å². The maximum atomic E-state index is 14.0. The van der Waals surface area contributed by atoms with Crippen LogP contribution in [0.5, 0.6) is 0 Å². The van der Waals surface area contributed by atoms with Gasteiger partial charge in [0.1, 0.15) is 16.4 Å². The average Bonchev–Trinajstić information content (AvgIpc) is 2.88. The topological polar surface area (TPSA) is 114 Å². The van der Waals surface area contributed by atoms with Crippen LogP contribution in [0.15, 0.2) is 54.9 Å². The second kappa shape index (κ2) is 10.6. The smallest absolute Gasteiger partial charge is 0.339 e. The number of nitrogens with zero attached hydrogens (tertiary/aromatic N) is 3. The zero-order valence-electron chi connectivity index (χ0n) is 21.0. The predicted octanol–water partition coefficient (Wildman–Crippen LogP) is 3.80. The van der Waals surface area contributed by atoms with E-state index in [-0.39, 0.29) is 34.1 Å². The molecule has 0 atom stereocenters. The van der Waals surface area contributed by atoms with Crippen molar-refractivity contribution in [3.63, 3.8) is 0 Å². The molecular weight excluding hydrogens is 494 g/mol. The zero-order chi connectivity index (χ0) is 26.7. The summed E-state index contributed by atoms with van der Waals surface area (Å²) in [6.07, 6.45) is 2.84. The Morgan fingerprint density at radius 1 is 1.08 bits per heavy atom. The van der Waals surface area contributed by atoms with Crippen molar-refractivity contribution >= 4 is 40.9 Å². The second-order valence-corrected chi connectivity index (χ2v) is 9.55. The highest BCUT2D eigenvalue weighted by Crippen LogP contribution is 2.41. The lowest BCUT2D eigenvalue weighted by molar-refractivity contribution is -0.122. The fraction of sp³-hybridized carbons (Fsp3) is 0.296. The van der Waals surface area contributed by atoms with Crippen molar-refractivity contribution in [2.75, 3.05) is 37.5 Å². The molecule has 2 N–H and O–H groups in total. The van der Waals surface area contributed by atoms with E-state index in [1.165, 1.54) is 32.6 Å². The van der Waals surface area contributed by atoms with Gasteiger partial charge in [0, 0.05) is 26.3 Å². The Balaban J connectivity index is 1.70. The minimum Gasteiger partial charge on any atom is -0.465 e. The monoisotopic (exact) mass is 521 g/mol. The standard InChI is InChI=1S/C27H28ClN5O4/c1-16(2)18-7-5-6-8-20(18)27(14-33(15-27)23-10-9-17(12-31-23)25(35)37-4)26(36)32-21-13-30-22(28)11-19(21)24(34)29-3/h5-13,16H,14-15H2,1-4H3,(H,29,34)(H,32,36). The van der Waals surface area contributed by atoms with Crippen LogP contribution in [0.2, 0.25) is 5.15 Å². The van der Waals surface area contributed by atoms with E-state index in [2.05, 4.69) is 34.4 Å². The minimum absolute atomic E-state index is 0.146. The number of benzene rings is 1. The van der Waals surface area contributed by atoms with Crippen LogP contribution in [0.3, 0.4) is 0 Å². The minimum atomic E-state index is -0.914. The summed E-state index contributed by atoms with van der Waals surface area (Å²) < 4.78 is 4.75. The molecule has 9 nitrogen and oxygen atoms in total. The van der Waals surface area contributed by atoms with E-state index >= 15 is 0 Å². The zero-order valence-corrected chi connectivity index (χ0v) is 21.8. The number of halogens is 1. The average molecular weight is 522 g/mol. The van der Waals surface area contributed by atoms with E-state index in [0.717, 1.165) is 11.1 Å². The molecule has 1 aromatic carbocycles. The van der Waals surface area contributed by atoms with Gasteiger partial charge < -0.3 is 20.3 Å². The number of aromatic nitrogens is 2. The van der Waals surface area contributed by atoms with Gasteiger partial charge in [-0.2, -0.15) is 0 Å². The summed E-state index contributed by atoms with van der Waals surface area (Å²) in [5.74, 6) is -0.298. The van der Waals surface area contributed by atoms with Crippen molar-refractivity contribution in [2.45, 2.75) is 25.2 Å². The summed E-state index contributed by atoms with van der Waals surface area (Å²) in [7, 11) is 2.82. The Hall–Kier alpha value is -3.98. The number of hydrogen-bond acceptors (Lipinski definition) is 7. The summed E-state index contributed by atoms with van der Waals surface area (Å²) >= 11 is 6.01. The van der Waals surface area contributed by atoms with E-state index < -0.39 is 11.4 Å². The molecule has 2 amide bonds. The van der Waals surface area contributed by atoms with Crippen molar-refractivity contribution in [1.82, 2.24) is 15.3 Å². The van der Waals surface area contributed by atoms with Crippen molar-refractivity contribution in [1.29, 1.82) is 0 Å². The van der Waals surface area contributed by atoms with Crippen LogP contribution in [0.1, 0.15) is 51.6 Å². The predicted molar refractivity (Wildman–Crippen MR) is 141 cm³/mol. The number of ether oxygens (including phenoxy) is 1. The van der Waals surface area contributed by atoms with Crippen molar-refractivity contribution < 1.29 is 19.1 Å². The highest BCUT2D eigenvalue weighted by Gasteiger charge is 2.52. The van der Waals surface area contributed by atoms with E-state index in [4.69, 9.17) is 16.3 Å². The van der Waals surface area contributed by atoms with Gasteiger partial charge in [0.25, 0.3) is 5.91 Å². The normalized spacial score (nSPS) is 14.1. The first kappa shape index (κ1) is 26.1. The first-order chi connectivity index (χ1) is 17.7. The van der Waals surface area contributed by atoms with Crippen LogP contribution >= 0.6 is 11.6 Å². The van der Waals surface area contributed by atoms with Gasteiger partial charge in [0.15, 0.2) is 0 Å². The highest BCUT2D eigenvalue weighted by molar-refractivity contribution is 6.30. The van der Waals surface area contributed by atoms with Crippen LogP contribution < -0.4 is 15.5 Å². The van der Waals surface area contributed by atoms with Gasteiger partial charge in [-0.3, -0.25) is 9.59 Å². The van der Waals surface area contributed by atoms with Crippen LogP contribution in [0.25, 0.3) is 0 Å². The van der Waals surface area contributed by atoms with Gasteiger partial charge in [-0.05, 0) is 35.2 Å². The van der Waals surface area contributed by atoms with Gasteiger partial charge in [-0.25, -0.2) is 14.8 Å². The SMILES string of the molecule is CNC(=O)c1cc(Cl)ncc1NC(=O)C1(c2ccccc2C(C)C)CN(c2ccc(C(=O)OC)cn2)C1. The molecule has 0 unspecified atom stereocenters. The van der Waals surface area contributed by atoms with E-state index in [1.54, 1.807) is 12.1 Å². The quantitative estimate of drug-likeness (QED) is 0.359. The molecule has 0 saturated carbocycles. The van der Waals surface area contributed by atoms with Gasteiger partial charge in [-0.1, -0.05) is 49.7 Å². The number of methoxy groups -OCH3 is 1. The molecule has 4 rings (SSSR count). The molecule has 1 fully saturated rings. The second-order valence-electron chi connectivity index (χ2n) is 9.16. The number of hydrogen-bond donors (Lipinski definition) is 2. The molecule has 1 aliphatic rings. The fourth-order valence-electron chi connectivity index (χ4n) is 4.55. The third-order valence-corrected chi connectivity index (χ3v) is 6.74. The van der Waals surface area contributed by atoms with E-state index in [9.17, 15) is 14.4 Å². The number of rotatable bonds is 7. The maximum absolute atomic E-state index is 14.0. The summed E-state index contributed by atoms with van der Waals surface area (Å²) in [5.41, 5.74) is 1.90. The van der Waals surface area contributed by atoms with Gasteiger partial charge in [0.2, 0.25) is 5.91 Å². The molecule has 37 heavy (non-hydrogen) atoms. The Morgan fingerprint density at radius 2 is 1.81 bits per heavy atom. The van der Waals surface area contributed by atoms with Crippen LogP contribution in [0, 0.1) is 0 Å². The lowest BCUT2D eigenvalue weighted by Crippen LogP contribution is -2.65. The van der Waals surface area contributed by atoms with Gasteiger partial charge in [0.05, 0.1) is 30.1 Å². The third kappa shape index (κ3) is 4.99. The molecule has 2 aromatic heterocycles. The first-order valence-corrected chi connectivity index (χ1v) is 12.2. The number of nitrogens with one attached hydrogen (secondary N) is 2. The van der Waals surface area contributed by atoms with Crippen LogP contribution in [-0.4, -0.2) is 55.0 Å². The van der Waals surface area contributed by atoms with E-state index in [1.807, 2.05) is 29.2 Å². The lowest BCUT2D eigenvalue weighted by Gasteiger charge is -2.50. The Bertz CT molecular complexity index is 1340. The molecular formula is C27H28ClN5O4. The molecule has 0 radical (unpaired) electrons. The summed E-state index contributed by atoms with van der Waals surface area (Å²) in [6, 6.07) is 12.7. The molecule has 1 aliphatic heterocycles. The first-order valence-electron chi connectivity index (χ1n) is 11.8. The highest BCUT2D eigenvalue weighted by atomic mass is 35.5. The molecule has 0 aliphatic carbocycles. The molecule has 1 saturated heterocycles. The van der Waals surface area contributed by atoms with E-state index in [0.29, 0.717) is 24.5 Å². The number of anilines is 2. The third-order valence-electron chi connectivity index (χ3n) is 6.54. The number of amides is 2. The number of esters is 1. The number of carbonyl (C=O) groups excluding carboxylic acids is 3.